The molecule has 4 rings (SSSR count). The number of carbonyl (C=O) groups is 1. The number of nitrogen functional groups attached to an aromatic ring is 1. The van der Waals surface area contributed by atoms with Crippen molar-refractivity contribution >= 4 is 22.7 Å². The molecule has 0 aliphatic heterocycles. The summed E-state index contributed by atoms with van der Waals surface area (Å²) in [5, 5.41) is 10.1. The lowest BCUT2D eigenvalue weighted by atomic mass is 10.0. The zero-order valence-electron chi connectivity index (χ0n) is 14.0. The zero-order valence-corrected chi connectivity index (χ0v) is 14.0. The smallest absolute Gasteiger partial charge is 0.335 e. The molecule has 0 atom stereocenters. The van der Waals surface area contributed by atoms with Gasteiger partial charge in [0.1, 0.15) is 5.65 Å². The number of pyridine rings is 1. The Morgan fingerprint density at radius 3 is 2.62 bits per heavy atom. The Balaban J connectivity index is 1.71. The summed E-state index contributed by atoms with van der Waals surface area (Å²) in [5.74, 6) is -0.920. The lowest BCUT2D eigenvalue weighted by Gasteiger charge is -2.08. The highest BCUT2D eigenvalue weighted by Gasteiger charge is 2.10. The first-order valence-corrected chi connectivity index (χ1v) is 8.24. The number of rotatable bonds is 4. The number of hydrogen-bond donors (Lipinski definition) is 2. The van der Waals surface area contributed by atoms with Crippen molar-refractivity contribution in [2.45, 2.75) is 6.54 Å². The van der Waals surface area contributed by atoms with Gasteiger partial charge in [-0.2, -0.15) is 0 Å². The SMILES string of the molecule is Nc1cccc(-c2ccnc3c2ccn3Cc2ccc(C(=O)O)cc2)c1. The van der Waals surface area contributed by atoms with Gasteiger partial charge in [0.2, 0.25) is 0 Å². The Labute approximate surface area is 150 Å². The van der Waals surface area contributed by atoms with Crippen LogP contribution in [-0.2, 0) is 6.54 Å². The number of nitrogens with zero attached hydrogens (tertiary/aromatic N) is 2. The second-order valence-electron chi connectivity index (χ2n) is 6.17. The van der Waals surface area contributed by atoms with Crippen LogP contribution < -0.4 is 5.73 Å². The van der Waals surface area contributed by atoms with Crippen LogP contribution >= 0.6 is 0 Å². The van der Waals surface area contributed by atoms with Crippen LogP contribution in [0.25, 0.3) is 22.2 Å². The monoisotopic (exact) mass is 343 g/mol. The van der Waals surface area contributed by atoms with Crippen molar-refractivity contribution in [2.24, 2.45) is 0 Å². The van der Waals surface area contributed by atoms with Crippen LogP contribution in [0.3, 0.4) is 0 Å². The molecule has 0 amide bonds. The third-order valence-electron chi connectivity index (χ3n) is 4.41. The number of nitrogens with two attached hydrogens (primary N) is 1. The Hall–Kier alpha value is -3.60. The number of aromatic nitrogens is 2. The minimum Gasteiger partial charge on any atom is -0.478 e. The van der Waals surface area contributed by atoms with Crippen LogP contribution in [0.2, 0.25) is 0 Å². The second kappa shape index (κ2) is 6.37. The number of carboxylic acids is 1. The molecule has 0 spiro atoms. The van der Waals surface area contributed by atoms with E-state index < -0.39 is 5.97 Å². The summed E-state index contributed by atoms with van der Waals surface area (Å²) in [4.78, 5) is 15.5. The van der Waals surface area contributed by atoms with Crippen molar-refractivity contribution in [3.8, 4) is 11.1 Å². The lowest BCUT2D eigenvalue weighted by molar-refractivity contribution is 0.0697. The Kier molecular flexibility index (Phi) is 3.89. The molecule has 26 heavy (non-hydrogen) atoms. The first-order valence-electron chi connectivity index (χ1n) is 8.24. The number of anilines is 1. The van der Waals surface area contributed by atoms with E-state index in [1.165, 1.54) is 0 Å². The van der Waals surface area contributed by atoms with Gasteiger partial charge < -0.3 is 15.4 Å². The van der Waals surface area contributed by atoms with Gasteiger partial charge in [0.15, 0.2) is 0 Å². The standard InChI is InChI=1S/C21H17N3O2/c22-17-3-1-2-16(12-17)18-8-10-23-20-19(18)9-11-24(20)13-14-4-6-15(7-5-14)21(25)26/h1-12H,13,22H2,(H,25,26). The molecule has 0 saturated carbocycles. The number of hydrogen-bond acceptors (Lipinski definition) is 3. The molecule has 5 heteroatoms. The van der Waals surface area contributed by atoms with Gasteiger partial charge in [-0.05, 0) is 53.1 Å². The summed E-state index contributed by atoms with van der Waals surface area (Å²) in [6, 6.07) is 18.7. The predicted octanol–water partition coefficient (Wildman–Crippen LogP) is 4.03. The van der Waals surface area contributed by atoms with E-state index in [1.807, 2.05) is 54.7 Å². The van der Waals surface area contributed by atoms with Crippen LogP contribution in [0.5, 0.6) is 0 Å². The molecule has 4 aromatic rings. The van der Waals surface area contributed by atoms with Gasteiger partial charge in [0.05, 0.1) is 5.56 Å². The normalized spacial score (nSPS) is 10.9. The first kappa shape index (κ1) is 15.9. The van der Waals surface area contributed by atoms with Crippen molar-refractivity contribution in [1.29, 1.82) is 0 Å². The fourth-order valence-corrected chi connectivity index (χ4v) is 3.13. The van der Waals surface area contributed by atoms with E-state index >= 15 is 0 Å². The Bertz CT molecular complexity index is 1100. The molecule has 5 nitrogen and oxygen atoms in total. The average Bonchev–Trinajstić information content (AvgIpc) is 3.05. The quantitative estimate of drug-likeness (QED) is 0.548. The van der Waals surface area contributed by atoms with E-state index in [4.69, 9.17) is 10.8 Å². The fourth-order valence-electron chi connectivity index (χ4n) is 3.13. The maximum Gasteiger partial charge on any atom is 0.335 e. The molecule has 3 N–H and O–H groups in total. The molecule has 0 unspecified atom stereocenters. The van der Waals surface area contributed by atoms with E-state index in [0.717, 1.165) is 33.4 Å². The molecular formula is C21H17N3O2. The molecule has 2 heterocycles. The predicted molar refractivity (Wildman–Crippen MR) is 102 cm³/mol. The van der Waals surface area contributed by atoms with Crippen molar-refractivity contribution in [2.75, 3.05) is 5.73 Å². The molecule has 2 aromatic heterocycles. The zero-order chi connectivity index (χ0) is 18.1. The van der Waals surface area contributed by atoms with Gasteiger partial charge in [-0.15, -0.1) is 0 Å². The van der Waals surface area contributed by atoms with Gasteiger partial charge in [-0.3, -0.25) is 0 Å². The molecule has 0 radical (unpaired) electrons. The van der Waals surface area contributed by atoms with Gasteiger partial charge in [-0.1, -0.05) is 24.3 Å². The van der Waals surface area contributed by atoms with Crippen molar-refractivity contribution in [3.63, 3.8) is 0 Å². The minimum atomic E-state index is -0.920. The van der Waals surface area contributed by atoms with E-state index in [9.17, 15) is 4.79 Å². The molecule has 0 bridgehead atoms. The number of benzene rings is 2. The van der Waals surface area contributed by atoms with E-state index in [2.05, 4.69) is 9.55 Å². The topological polar surface area (TPSA) is 81.1 Å². The van der Waals surface area contributed by atoms with Crippen LogP contribution in [0.15, 0.2) is 73.1 Å². The van der Waals surface area contributed by atoms with E-state index in [-0.39, 0.29) is 5.56 Å². The Morgan fingerprint density at radius 2 is 1.88 bits per heavy atom. The summed E-state index contributed by atoms with van der Waals surface area (Å²) in [7, 11) is 0. The second-order valence-corrected chi connectivity index (χ2v) is 6.17. The molecule has 0 fully saturated rings. The summed E-state index contributed by atoms with van der Waals surface area (Å²) < 4.78 is 2.06. The van der Waals surface area contributed by atoms with Crippen LogP contribution in [0.4, 0.5) is 5.69 Å². The van der Waals surface area contributed by atoms with E-state index in [0.29, 0.717) is 6.54 Å². The summed E-state index contributed by atoms with van der Waals surface area (Å²) in [6.45, 7) is 0.622. The number of fused-ring (bicyclic) bond motifs is 1. The van der Waals surface area contributed by atoms with Crippen LogP contribution in [0.1, 0.15) is 15.9 Å². The molecule has 2 aromatic carbocycles. The molecular weight excluding hydrogens is 326 g/mol. The first-order chi connectivity index (χ1) is 12.6. The van der Waals surface area contributed by atoms with Gasteiger partial charge in [0.25, 0.3) is 0 Å². The molecule has 0 aliphatic carbocycles. The Morgan fingerprint density at radius 1 is 1.08 bits per heavy atom. The third kappa shape index (κ3) is 2.91. The third-order valence-corrected chi connectivity index (χ3v) is 4.41. The van der Waals surface area contributed by atoms with Crippen molar-refractivity contribution < 1.29 is 9.90 Å². The summed E-state index contributed by atoms with van der Waals surface area (Å²) in [6.07, 6.45) is 3.80. The van der Waals surface area contributed by atoms with Gasteiger partial charge >= 0.3 is 5.97 Å². The van der Waals surface area contributed by atoms with Crippen LogP contribution in [-0.4, -0.2) is 20.6 Å². The van der Waals surface area contributed by atoms with Crippen LogP contribution in [0, 0.1) is 0 Å². The molecule has 0 aliphatic rings. The average molecular weight is 343 g/mol. The van der Waals surface area contributed by atoms with Crippen molar-refractivity contribution in [1.82, 2.24) is 9.55 Å². The highest BCUT2D eigenvalue weighted by atomic mass is 16.4. The summed E-state index contributed by atoms with van der Waals surface area (Å²) >= 11 is 0. The van der Waals surface area contributed by atoms with E-state index in [1.54, 1.807) is 18.3 Å². The highest BCUT2D eigenvalue weighted by Crippen LogP contribution is 2.29. The number of aromatic carboxylic acids is 1. The fraction of sp³-hybridized carbons (Fsp3) is 0.0476. The summed E-state index contributed by atoms with van der Waals surface area (Å²) in [5.41, 5.74) is 11.0. The minimum absolute atomic E-state index is 0.285. The lowest BCUT2D eigenvalue weighted by Crippen LogP contribution is -2.01. The number of carboxylic acid groups (broad SMARTS) is 1. The maximum atomic E-state index is 11.0. The molecule has 128 valence electrons. The largest absolute Gasteiger partial charge is 0.478 e. The molecule has 0 saturated heterocycles. The van der Waals surface area contributed by atoms with Gasteiger partial charge in [-0.25, -0.2) is 9.78 Å². The maximum absolute atomic E-state index is 11.0. The highest BCUT2D eigenvalue weighted by molar-refractivity contribution is 5.93. The van der Waals surface area contributed by atoms with Crippen molar-refractivity contribution in [3.05, 3.63) is 84.2 Å². The van der Waals surface area contributed by atoms with Gasteiger partial charge in [0, 0.05) is 30.0 Å².